The van der Waals surface area contributed by atoms with Crippen molar-refractivity contribution in [3.05, 3.63) is 0 Å². The quantitative estimate of drug-likeness (QED) is 0.445. The maximum atomic E-state index is 11.1. The molecule has 0 aliphatic rings. The van der Waals surface area contributed by atoms with Crippen LogP contribution in [0.1, 0.15) is 52.4 Å². The summed E-state index contributed by atoms with van der Waals surface area (Å²) in [6, 6.07) is 1.01. The normalized spacial score (nSPS) is 10.0. The fourth-order valence-electron chi connectivity index (χ4n) is 0.981. The average Bonchev–Trinajstić information content (AvgIpc) is 2.13. The van der Waals surface area contributed by atoms with Crippen molar-refractivity contribution in [2.24, 2.45) is 0 Å². The first-order valence-corrected chi connectivity index (χ1v) is 6.35. The van der Waals surface area contributed by atoms with E-state index in [4.69, 9.17) is 4.43 Å². The standard InChI is InChI=1S/C10H20O2Si/c1-3-5-6-7-8-10(11)12-13-9-4-2/h3-9H2,1-2H3. The summed E-state index contributed by atoms with van der Waals surface area (Å²) in [6.45, 7) is 4.27. The number of carbonyl (C=O) groups excluding carboxylic acids is 1. The highest BCUT2D eigenvalue weighted by Crippen LogP contribution is 2.03. The van der Waals surface area contributed by atoms with Crippen LogP contribution in [-0.2, 0) is 9.22 Å². The number of carbonyl (C=O) groups is 1. The molecule has 0 heterocycles. The third-order valence-corrected chi connectivity index (χ3v) is 2.85. The van der Waals surface area contributed by atoms with Crippen molar-refractivity contribution in [2.75, 3.05) is 0 Å². The number of hydrogen-bond donors (Lipinski definition) is 0. The van der Waals surface area contributed by atoms with Gasteiger partial charge in [-0.3, -0.25) is 4.79 Å². The van der Waals surface area contributed by atoms with Crippen LogP contribution < -0.4 is 0 Å². The lowest BCUT2D eigenvalue weighted by atomic mass is 10.2. The van der Waals surface area contributed by atoms with Crippen LogP contribution in [0.25, 0.3) is 0 Å². The first kappa shape index (κ1) is 12.7. The summed E-state index contributed by atoms with van der Waals surface area (Å²) in [4.78, 5) is 11.1. The van der Waals surface area contributed by atoms with E-state index in [1.807, 2.05) is 0 Å². The molecule has 0 aromatic heterocycles. The third kappa shape index (κ3) is 9.60. The van der Waals surface area contributed by atoms with E-state index in [1.165, 1.54) is 12.8 Å². The molecule has 0 bridgehead atoms. The molecular weight excluding hydrogens is 180 g/mol. The maximum Gasteiger partial charge on any atom is 0.314 e. The monoisotopic (exact) mass is 200 g/mol. The zero-order valence-electron chi connectivity index (χ0n) is 8.77. The van der Waals surface area contributed by atoms with E-state index in [-0.39, 0.29) is 5.97 Å². The zero-order valence-corrected chi connectivity index (χ0v) is 9.77. The van der Waals surface area contributed by atoms with E-state index in [0.29, 0.717) is 16.2 Å². The van der Waals surface area contributed by atoms with Gasteiger partial charge < -0.3 is 4.43 Å². The highest BCUT2D eigenvalue weighted by Gasteiger charge is 2.02. The van der Waals surface area contributed by atoms with Crippen molar-refractivity contribution in [3.63, 3.8) is 0 Å². The summed E-state index contributed by atoms with van der Waals surface area (Å²) in [6.07, 6.45) is 6.29. The maximum absolute atomic E-state index is 11.1. The first-order valence-electron chi connectivity index (χ1n) is 5.23. The van der Waals surface area contributed by atoms with Gasteiger partial charge in [-0.15, -0.1) is 0 Å². The molecule has 2 radical (unpaired) electrons. The topological polar surface area (TPSA) is 26.3 Å². The summed E-state index contributed by atoms with van der Waals surface area (Å²) in [7, 11) is 0.375. The highest BCUT2D eigenvalue weighted by atomic mass is 28.2. The average molecular weight is 200 g/mol. The van der Waals surface area contributed by atoms with Crippen molar-refractivity contribution in [1.82, 2.24) is 0 Å². The van der Waals surface area contributed by atoms with Gasteiger partial charge >= 0.3 is 9.76 Å². The van der Waals surface area contributed by atoms with Gasteiger partial charge in [-0.05, 0) is 12.5 Å². The van der Waals surface area contributed by atoms with E-state index in [9.17, 15) is 4.79 Å². The molecular formula is C10H20O2Si. The zero-order chi connectivity index (χ0) is 9.94. The largest absolute Gasteiger partial charge is 0.516 e. The molecule has 0 spiro atoms. The summed E-state index contributed by atoms with van der Waals surface area (Å²) < 4.78 is 5.05. The lowest BCUT2D eigenvalue weighted by Crippen LogP contribution is -2.07. The van der Waals surface area contributed by atoms with Crippen molar-refractivity contribution >= 4 is 15.7 Å². The Balaban J connectivity index is 3.11. The highest BCUT2D eigenvalue weighted by molar-refractivity contribution is 6.30. The minimum absolute atomic E-state index is 0.0112. The van der Waals surface area contributed by atoms with Gasteiger partial charge in [0.15, 0.2) is 0 Å². The molecule has 0 aromatic carbocycles. The summed E-state index contributed by atoms with van der Waals surface area (Å²) >= 11 is 0. The van der Waals surface area contributed by atoms with Gasteiger partial charge in [0.05, 0.1) is 0 Å². The van der Waals surface area contributed by atoms with Crippen LogP contribution in [0.3, 0.4) is 0 Å². The van der Waals surface area contributed by atoms with E-state index in [2.05, 4.69) is 13.8 Å². The fraction of sp³-hybridized carbons (Fsp3) is 0.900. The fourth-order valence-corrected chi connectivity index (χ4v) is 1.55. The Hall–Kier alpha value is -0.313. The van der Waals surface area contributed by atoms with Crippen LogP contribution >= 0.6 is 0 Å². The van der Waals surface area contributed by atoms with Gasteiger partial charge in [0, 0.05) is 6.42 Å². The lowest BCUT2D eigenvalue weighted by molar-refractivity contribution is -0.134. The second kappa shape index (κ2) is 9.77. The Kier molecular flexibility index (Phi) is 9.54. The van der Waals surface area contributed by atoms with E-state index >= 15 is 0 Å². The lowest BCUT2D eigenvalue weighted by Gasteiger charge is -2.01. The molecule has 0 rings (SSSR count). The number of unbranched alkanes of at least 4 members (excludes halogenated alkanes) is 3. The van der Waals surface area contributed by atoms with Crippen LogP contribution in [0.2, 0.25) is 6.04 Å². The minimum Gasteiger partial charge on any atom is -0.516 e. The summed E-state index contributed by atoms with van der Waals surface area (Å²) in [5, 5.41) is 0. The Morgan fingerprint density at radius 2 is 1.92 bits per heavy atom. The summed E-state index contributed by atoms with van der Waals surface area (Å²) in [5.74, 6) is -0.0112. The molecule has 76 valence electrons. The van der Waals surface area contributed by atoms with Gasteiger partial charge in [-0.25, -0.2) is 0 Å². The Morgan fingerprint density at radius 3 is 2.54 bits per heavy atom. The first-order chi connectivity index (χ1) is 6.31. The van der Waals surface area contributed by atoms with Crippen LogP contribution in [-0.4, -0.2) is 15.7 Å². The minimum atomic E-state index is -0.0112. The second-order valence-electron chi connectivity index (χ2n) is 3.18. The predicted octanol–water partition coefficient (Wildman–Crippen LogP) is 2.95. The molecule has 0 N–H and O–H groups in total. The van der Waals surface area contributed by atoms with E-state index in [0.717, 1.165) is 25.3 Å². The van der Waals surface area contributed by atoms with Crippen LogP contribution in [0, 0.1) is 0 Å². The summed E-state index contributed by atoms with van der Waals surface area (Å²) in [5.41, 5.74) is 0. The third-order valence-electron chi connectivity index (χ3n) is 1.77. The van der Waals surface area contributed by atoms with Gasteiger partial charge in [-0.2, -0.15) is 0 Å². The van der Waals surface area contributed by atoms with Crippen molar-refractivity contribution < 1.29 is 9.22 Å². The SMILES string of the molecule is CCCCCCC(=O)O[Si]CCC. The molecule has 0 aliphatic heterocycles. The van der Waals surface area contributed by atoms with Gasteiger partial charge in [-0.1, -0.05) is 39.5 Å². The number of rotatable bonds is 8. The van der Waals surface area contributed by atoms with E-state index in [1.54, 1.807) is 0 Å². The van der Waals surface area contributed by atoms with E-state index < -0.39 is 0 Å². The smallest absolute Gasteiger partial charge is 0.314 e. The Bertz CT molecular complexity index is 126. The Labute approximate surface area is 84.0 Å². The van der Waals surface area contributed by atoms with Crippen molar-refractivity contribution in [1.29, 1.82) is 0 Å². The molecule has 3 heteroatoms. The number of hydrogen-bond acceptors (Lipinski definition) is 2. The van der Waals surface area contributed by atoms with Gasteiger partial charge in [0.25, 0.3) is 5.97 Å². The van der Waals surface area contributed by atoms with Crippen LogP contribution in [0.4, 0.5) is 0 Å². The molecule has 0 saturated heterocycles. The van der Waals surface area contributed by atoms with Crippen LogP contribution in [0.5, 0.6) is 0 Å². The predicted molar refractivity (Wildman–Crippen MR) is 55.7 cm³/mol. The molecule has 0 unspecified atom stereocenters. The molecule has 0 fully saturated rings. The molecule has 0 aromatic rings. The second-order valence-corrected chi connectivity index (χ2v) is 4.17. The molecule has 0 amide bonds. The van der Waals surface area contributed by atoms with Gasteiger partial charge in [0.2, 0.25) is 0 Å². The Morgan fingerprint density at radius 1 is 1.15 bits per heavy atom. The van der Waals surface area contributed by atoms with Crippen LogP contribution in [0.15, 0.2) is 0 Å². The van der Waals surface area contributed by atoms with Crippen molar-refractivity contribution in [3.8, 4) is 0 Å². The molecule has 0 atom stereocenters. The van der Waals surface area contributed by atoms with Crippen molar-refractivity contribution in [2.45, 2.75) is 58.4 Å². The molecule has 13 heavy (non-hydrogen) atoms. The van der Waals surface area contributed by atoms with Gasteiger partial charge in [0.1, 0.15) is 0 Å². The molecule has 0 aliphatic carbocycles. The molecule has 0 saturated carbocycles. The molecule has 2 nitrogen and oxygen atoms in total.